The zero-order valence-electron chi connectivity index (χ0n) is 12.3. The van der Waals surface area contributed by atoms with Gasteiger partial charge in [-0.15, -0.1) is 0 Å². The Morgan fingerprint density at radius 1 is 1.41 bits per heavy atom. The van der Waals surface area contributed by atoms with Crippen LogP contribution in [-0.4, -0.2) is 53.3 Å². The van der Waals surface area contributed by atoms with E-state index >= 15 is 0 Å². The molecule has 0 aromatic carbocycles. The van der Waals surface area contributed by atoms with E-state index in [4.69, 9.17) is 14.2 Å². The monoisotopic (exact) mass is 312 g/mol. The smallest absolute Gasteiger partial charge is 0.330 e. The summed E-state index contributed by atoms with van der Waals surface area (Å²) in [6, 6.07) is 1.25. The Labute approximate surface area is 126 Å². The van der Waals surface area contributed by atoms with Gasteiger partial charge in [0.15, 0.2) is 6.23 Å². The molecule has 0 unspecified atom stereocenters. The van der Waals surface area contributed by atoms with Crippen LogP contribution >= 0.6 is 0 Å². The maximum absolute atomic E-state index is 12.0. The van der Waals surface area contributed by atoms with E-state index in [9.17, 15) is 14.7 Å². The minimum Gasteiger partial charge on any atom is -0.394 e. The van der Waals surface area contributed by atoms with Crippen molar-refractivity contribution in [3.8, 4) is 0 Å². The Hall–Kier alpha value is -1.48. The van der Waals surface area contributed by atoms with Gasteiger partial charge in [0.25, 0.3) is 5.56 Å². The van der Waals surface area contributed by atoms with Gasteiger partial charge in [-0.3, -0.25) is 14.3 Å². The first-order valence-electron chi connectivity index (χ1n) is 7.36. The summed E-state index contributed by atoms with van der Waals surface area (Å²) in [5.74, 6) is 0.540. The van der Waals surface area contributed by atoms with Crippen LogP contribution in [0, 0.1) is 5.92 Å². The second-order valence-corrected chi connectivity index (χ2v) is 5.71. The second kappa shape index (κ2) is 6.33. The summed E-state index contributed by atoms with van der Waals surface area (Å²) in [6.45, 7) is 0.330. The molecule has 0 bridgehead atoms. The molecule has 0 radical (unpaired) electrons. The lowest BCUT2D eigenvalue weighted by Gasteiger charge is -2.23. The lowest BCUT2D eigenvalue weighted by molar-refractivity contribution is -0.0785. The minimum absolute atomic E-state index is 0.240. The maximum atomic E-state index is 12.0. The topological polar surface area (TPSA) is 103 Å². The molecule has 1 saturated heterocycles. The lowest BCUT2D eigenvalue weighted by atomic mass is 10.1. The van der Waals surface area contributed by atoms with Crippen LogP contribution in [0.15, 0.2) is 21.9 Å². The Morgan fingerprint density at radius 2 is 2.18 bits per heavy atom. The summed E-state index contributed by atoms with van der Waals surface area (Å²) in [5, 5.41) is 9.45. The van der Waals surface area contributed by atoms with Crippen molar-refractivity contribution in [3.63, 3.8) is 0 Å². The average molecular weight is 312 g/mol. The number of aromatic amines is 1. The third-order valence-electron chi connectivity index (χ3n) is 4.08. The molecule has 2 fully saturated rings. The van der Waals surface area contributed by atoms with Gasteiger partial charge in [-0.1, -0.05) is 0 Å². The molecule has 0 spiro atoms. The van der Waals surface area contributed by atoms with E-state index in [-0.39, 0.29) is 6.61 Å². The summed E-state index contributed by atoms with van der Waals surface area (Å²) >= 11 is 0. The van der Waals surface area contributed by atoms with E-state index in [0.29, 0.717) is 12.5 Å². The van der Waals surface area contributed by atoms with Gasteiger partial charge in [0.05, 0.1) is 13.2 Å². The summed E-state index contributed by atoms with van der Waals surface area (Å²) in [6.07, 6.45) is 1.31. The predicted octanol–water partition coefficient (Wildman–Crippen LogP) is -0.763. The zero-order chi connectivity index (χ0) is 15.7. The van der Waals surface area contributed by atoms with Crippen LogP contribution in [-0.2, 0) is 14.2 Å². The molecule has 8 nitrogen and oxygen atoms in total. The quantitative estimate of drug-likeness (QED) is 0.715. The lowest BCUT2D eigenvalue weighted by Crippen LogP contribution is -2.40. The first kappa shape index (κ1) is 15.4. The Bertz CT molecular complexity index is 622. The van der Waals surface area contributed by atoms with E-state index in [0.717, 1.165) is 12.8 Å². The van der Waals surface area contributed by atoms with Crippen molar-refractivity contribution in [2.75, 3.05) is 20.3 Å². The first-order valence-corrected chi connectivity index (χ1v) is 7.36. The molecule has 2 aliphatic rings. The Kier molecular flexibility index (Phi) is 4.44. The fourth-order valence-corrected chi connectivity index (χ4v) is 2.70. The number of ether oxygens (including phenoxy) is 3. The number of H-pyrrole nitrogens is 1. The van der Waals surface area contributed by atoms with Crippen molar-refractivity contribution >= 4 is 0 Å². The van der Waals surface area contributed by atoms with Gasteiger partial charge in [-0.05, 0) is 18.8 Å². The molecule has 2 heterocycles. The number of aliphatic hydroxyl groups excluding tert-OH is 1. The van der Waals surface area contributed by atoms with Gasteiger partial charge >= 0.3 is 5.69 Å². The van der Waals surface area contributed by atoms with Crippen LogP contribution in [0.1, 0.15) is 19.1 Å². The normalized spacial score (nSPS) is 31.5. The molecular weight excluding hydrogens is 292 g/mol. The fraction of sp³-hybridized carbons (Fsp3) is 0.714. The third kappa shape index (κ3) is 3.00. The Balaban J connectivity index is 1.87. The molecule has 1 aromatic rings. The highest BCUT2D eigenvalue weighted by Crippen LogP contribution is 2.35. The average Bonchev–Trinajstić information content (AvgIpc) is 3.26. The molecule has 1 aliphatic carbocycles. The number of methoxy groups -OCH3 is 1. The highest BCUT2D eigenvalue weighted by Gasteiger charge is 2.47. The molecule has 122 valence electrons. The predicted molar refractivity (Wildman–Crippen MR) is 75.6 cm³/mol. The molecule has 0 amide bonds. The SMILES string of the molecule is CO[C@H]1[C@@H](OCC2CC2)[C@H](n2ccc(=O)[nH]c2=O)O[C@@H]1CO. The minimum atomic E-state index is -0.745. The van der Waals surface area contributed by atoms with Crippen molar-refractivity contribution < 1.29 is 19.3 Å². The highest BCUT2D eigenvalue weighted by atomic mass is 16.6. The van der Waals surface area contributed by atoms with Crippen molar-refractivity contribution in [3.05, 3.63) is 33.1 Å². The summed E-state index contributed by atoms with van der Waals surface area (Å²) < 4.78 is 18.3. The fourth-order valence-electron chi connectivity index (χ4n) is 2.70. The molecule has 8 heteroatoms. The molecule has 4 atom stereocenters. The number of hydrogen-bond donors (Lipinski definition) is 2. The van der Waals surface area contributed by atoms with Gasteiger partial charge in [0.1, 0.15) is 18.3 Å². The van der Waals surface area contributed by atoms with Crippen LogP contribution < -0.4 is 11.2 Å². The van der Waals surface area contributed by atoms with E-state index in [1.54, 1.807) is 0 Å². The first-order chi connectivity index (χ1) is 10.6. The molecule has 1 aliphatic heterocycles. The van der Waals surface area contributed by atoms with E-state index in [2.05, 4.69) is 4.98 Å². The molecular formula is C14H20N2O6. The number of hydrogen-bond acceptors (Lipinski definition) is 6. The molecule has 3 rings (SSSR count). The van der Waals surface area contributed by atoms with Gasteiger partial charge in [0, 0.05) is 19.4 Å². The van der Waals surface area contributed by atoms with Gasteiger partial charge in [-0.25, -0.2) is 4.79 Å². The summed E-state index contributed by atoms with van der Waals surface area (Å²) in [5.41, 5.74) is -1.05. The molecule has 2 N–H and O–H groups in total. The zero-order valence-corrected chi connectivity index (χ0v) is 12.3. The number of rotatable bonds is 6. The van der Waals surface area contributed by atoms with Crippen LogP contribution in [0.25, 0.3) is 0 Å². The van der Waals surface area contributed by atoms with Crippen molar-refractivity contribution in [1.29, 1.82) is 0 Å². The summed E-state index contributed by atoms with van der Waals surface area (Å²) in [7, 11) is 1.52. The van der Waals surface area contributed by atoms with Gasteiger partial charge in [0.2, 0.25) is 0 Å². The maximum Gasteiger partial charge on any atom is 0.330 e. The number of aromatic nitrogens is 2. The van der Waals surface area contributed by atoms with Crippen LogP contribution in [0.2, 0.25) is 0 Å². The van der Waals surface area contributed by atoms with E-state index < -0.39 is 35.8 Å². The number of nitrogens with one attached hydrogen (secondary N) is 1. The van der Waals surface area contributed by atoms with Crippen molar-refractivity contribution in [1.82, 2.24) is 9.55 Å². The van der Waals surface area contributed by atoms with Gasteiger partial charge in [-0.2, -0.15) is 0 Å². The van der Waals surface area contributed by atoms with Crippen molar-refractivity contribution in [2.45, 2.75) is 37.4 Å². The molecule has 22 heavy (non-hydrogen) atoms. The summed E-state index contributed by atoms with van der Waals surface area (Å²) in [4.78, 5) is 25.4. The number of aliphatic hydroxyl groups is 1. The standard InChI is InChI=1S/C14H20N2O6/c1-20-11-9(6-17)22-13(12(11)21-7-8-2-3-8)16-5-4-10(18)15-14(16)19/h4-5,8-9,11-13,17H,2-3,6-7H2,1H3,(H,15,18,19)/t9-,11-,12-,13-/m1/s1. The van der Waals surface area contributed by atoms with Gasteiger partial charge < -0.3 is 19.3 Å². The number of nitrogens with zero attached hydrogens (tertiary/aromatic N) is 1. The van der Waals surface area contributed by atoms with E-state index in [1.807, 2.05) is 0 Å². The van der Waals surface area contributed by atoms with Crippen LogP contribution in [0.5, 0.6) is 0 Å². The van der Waals surface area contributed by atoms with E-state index in [1.165, 1.54) is 23.9 Å². The second-order valence-electron chi connectivity index (χ2n) is 5.71. The molecule has 1 aromatic heterocycles. The van der Waals surface area contributed by atoms with Crippen molar-refractivity contribution in [2.24, 2.45) is 5.92 Å². The third-order valence-corrected chi connectivity index (χ3v) is 4.08. The largest absolute Gasteiger partial charge is 0.394 e. The molecule has 1 saturated carbocycles. The highest BCUT2D eigenvalue weighted by molar-refractivity contribution is 4.95. The van der Waals surface area contributed by atoms with Crippen LogP contribution in [0.3, 0.4) is 0 Å². The van der Waals surface area contributed by atoms with Crippen LogP contribution in [0.4, 0.5) is 0 Å². The Morgan fingerprint density at radius 3 is 2.77 bits per heavy atom.